The summed E-state index contributed by atoms with van der Waals surface area (Å²) in [7, 11) is 1.60. The van der Waals surface area contributed by atoms with Crippen molar-refractivity contribution in [3.8, 4) is 11.4 Å². The fourth-order valence-corrected chi connectivity index (χ4v) is 2.89. The van der Waals surface area contributed by atoms with E-state index in [2.05, 4.69) is 20.8 Å². The summed E-state index contributed by atoms with van der Waals surface area (Å²) >= 11 is 1.27. The third-order valence-corrected chi connectivity index (χ3v) is 4.41. The molecule has 1 N–H and O–H groups in total. The molecular weight excluding hydrogens is 338 g/mol. The second kappa shape index (κ2) is 7.80. The normalized spacial score (nSPS) is 10.5. The summed E-state index contributed by atoms with van der Waals surface area (Å²) in [4.78, 5) is 12.2. The molecule has 128 valence electrons. The molecule has 1 amide bonds. The van der Waals surface area contributed by atoms with E-state index >= 15 is 0 Å². The highest BCUT2D eigenvalue weighted by Crippen LogP contribution is 2.21. The van der Waals surface area contributed by atoms with Gasteiger partial charge in [-0.2, -0.15) is 4.68 Å². The lowest BCUT2D eigenvalue weighted by Crippen LogP contribution is -2.15. The van der Waals surface area contributed by atoms with Gasteiger partial charge in [0.25, 0.3) is 0 Å². The van der Waals surface area contributed by atoms with Crippen LogP contribution in [0.5, 0.6) is 5.75 Å². The number of ether oxygens (including phenoxy) is 1. The van der Waals surface area contributed by atoms with E-state index in [9.17, 15) is 4.79 Å². The number of tetrazole rings is 1. The van der Waals surface area contributed by atoms with Crippen LogP contribution in [0.25, 0.3) is 5.69 Å². The molecule has 0 atom stereocenters. The van der Waals surface area contributed by atoms with Crippen molar-refractivity contribution in [3.05, 3.63) is 54.1 Å². The molecule has 25 heavy (non-hydrogen) atoms. The van der Waals surface area contributed by atoms with Crippen molar-refractivity contribution in [3.63, 3.8) is 0 Å². The summed E-state index contributed by atoms with van der Waals surface area (Å²) in [5, 5.41) is 15.1. The Hall–Kier alpha value is -2.87. The van der Waals surface area contributed by atoms with Crippen LogP contribution in [0.4, 0.5) is 5.69 Å². The van der Waals surface area contributed by atoms with Crippen molar-refractivity contribution in [2.45, 2.75) is 12.1 Å². The van der Waals surface area contributed by atoms with Gasteiger partial charge in [-0.1, -0.05) is 36.0 Å². The Kier molecular flexibility index (Phi) is 5.30. The van der Waals surface area contributed by atoms with Gasteiger partial charge >= 0.3 is 0 Å². The van der Waals surface area contributed by atoms with E-state index in [0.29, 0.717) is 10.9 Å². The largest absolute Gasteiger partial charge is 0.497 e. The zero-order valence-corrected chi connectivity index (χ0v) is 14.7. The van der Waals surface area contributed by atoms with Gasteiger partial charge in [0.2, 0.25) is 11.1 Å². The summed E-state index contributed by atoms with van der Waals surface area (Å²) in [6, 6.07) is 15.0. The fourth-order valence-electron chi connectivity index (χ4n) is 2.20. The van der Waals surface area contributed by atoms with Crippen molar-refractivity contribution in [2.75, 3.05) is 18.2 Å². The van der Waals surface area contributed by atoms with Gasteiger partial charge in [-0.15, -0.1) is 5.10 Å². The zero-order chi connectivity index (χ0) is 17.6. The number of carbonyl (C=O) groups is 1. The number of carbonyl (C=O) groups excluding carboxylic acids is 1. The van der Waals surface area contributed by atoms with Gasteiger partial charge in [-0.3, -0.25) is 4.79 Å². The van der Waals surface area contributed by atoms with Crippen LogP contribution < -0.4 is 10.1 Å². The Bertz CT molecular complexity index is 881. The van der Waals surface area contributed by atoms with Crippen LogP contribution in [-0.2, 0) is 4.79 Å². The highest BCUT2D eigenvalue weighted by atomic mass is 32.2. The van der Waals surface area contributed by atoms with Crippen molar-refractivity contribution in [1.29, 1.82) is 0 Å². The minimum absolute atomic E-state index is 0.112. The molecule has 0 radical (unpaired) electrons. The molecule has 0 bridgehead atoms. The highest BCUT2D eigenvalue weighted by Gasteiger charge is 2.12. The minimum atomic E-state index is -0.112. The van der Waals surface area contributed by atoms with Crippen molar-refractivity contribution in [1.82, 2.24) is 20.2 Å². The van der Waals surface area contributed by atoms with Crippen LogP contribution in [0, 0.1) is 6.92 Å². The lowest BCUT2D eigenvalue weighted by atomic mass is 10.2. The molecule has 0 spiro atoms. The van der Waals surface area contributed by atoms with Crippen LogP contribution in [0.3, 0.4) is 0 Å². The van der Waals surface area contributed by atoms with Crippen molar-refractivity contribution >= 4 is 23.4 Å². The standard InChI is InChI=1S/C17H17N5O2S/c1-12-6-3-4-9-15(12)18-16(23)11-25-17-19-20-21-22(17)13-7-5-8-14(10-13)24-2/h3-10H,11H2,1-2H3,(H,18,23). The molecule has 1 heterocycles. The van der Waals surface area contributed by atoms with Gasteiger partial charge in [-0.25, -0.2) is 0 Å². The zero-order valence-electron chi connectivity index (χ0n) is 13.8. The Labute approximate surface area is 149 Å². The number of hydrogen-bond donors (Lipinski definition) is 1. The van der Waals surface area contributed by atoms with Crippen LogP contribution in [0.1, 0.15) is 5.56 Å². The molecule has 0 fully saturated rings. The number of anilines is 1. The SMILES string of the molecule is COc1cccc(-n2nnnc2SCC(=O)Nc2ccccc2C)c1. The number of hydrogen-bond acceptors (Lipinski definition) is 6. The fraction of sp³-hybridized carbons (Fsp3) is 0.176. The van der Waals surface area contributed by atoms with Gasteiger partial charge in [0.1, 0.15) is 5.75 Å². The first-order valence-electron chi connectivity index (χ1n) is 7.58. The third-order valence-electron chi connectivity index (χ3n) is 3.49. The first-order valence-corrected chi connectivity index (χ1v) is 8.57. The van der Waals surface area contributed by atoms with Crippen LogP contribution in [0.2, 0.25) is 0 Å². The van der Waals surface area contributed by atoms with E-state index < -0.39 is 0 Å². The van der Waals surface area contributed by atoms with E-state index in [0.717, 1.165) is 16.9 Å². The first-order chi connectivity index (χ1) is 12.2. The van der Waals surface area contributed by atoms with E-state index in [1.54, 1.807) is 11.8 Å². The number of thioether (sulfide) groups is 1. The molecule has 0 saturated carbocycles. The summed E-state index contributed by atoms with van der Waals surface area (Å²) in [5.74, 6) is 0.805. The predicted octanol–water partition coefficient (Wildman–Crippen LogP) is 2.71. The first kappa shape index (κ1) is 17.0. The maximum atomic E-state index is 12.2. The Morgan fingerprint density at radius 2 is 2.08 bits per heavy atom. The number of nitrogens with one attached hydrogen (secondary N) is 1. The Balaban J connectivity index is 1.67. The number of methoxy groups -OCH3 is 1. The summed E-state index contributed by atoms with van der Waals surface area (Å²) in [5.41, 5.74) is 2.59. The maximum Gasteiger partial charge on any atom is 0.234 e. The Morgan fingerprint density at radius 1 is 1.24 bits per heavy atom. The molecule has 0 aliphatic carbocycles. The number of nitrogens with zero attached hydrogens (tertiary/aromatic N) is 4. The molecule has 7 nitrogen and oxygen atoms in total. The quantitative estimate of drug-likeness (QED) is 0.685. The van der Waals surface area contributed by atoms with Crippen LogP contribution in [-0.4, -0.2) is 39.0 Å². The van der Waals surface area contributed by atoms with Crippen LogP contribution >= 0.6 is 11.8 Å². The lowest BCUT2D eigenvalue weighted by Gasteiger charge is -2.08. The van der Waals surface area contributed by atoms with Gasteiger partial charge < -0.3 is 10.1 Å². The molecule has 1 aromatic heterocycles. The maximum absolute atomic E-state index is 12.2. The second-order valence-corrected chi connectivity index (χ2v) is 6.17. The number of benzene rings is 2. The third kappa shape index (κ3) is 4.16. The summed E-state index contributed by atoms with van der Waals surface area (Å²) < 4.78 is 6.79. The van der Waals surface area contributed by atoms with E-state index in [4.69, 9.17) is 4.74 Å². The number of aromatic nitrogens is 4. The van der Waals surface area contributed by atoms with Gasteiger partial charge in [0.15, 0.2) is 0 Å². The van der Waals surface area contributed by atoms with Crippen molar-refractivity contribution in [2.24, 2.45) is 0 Å². The number of aryl methyl sites for hydroxylation is 1. The number of para-hydroxylation sites is 1. The topological polar surface area (TPSA) is 81.9 Å². The number of rotatable bonds is 6. The predicted molar refractivity (Wildman–Crippen MR) is 96.2 cm³/mol. The lowest BCUT2D eigenvalue weighted by molar-refractivity contribution is -0.113. The monoisotopic (exact) mass is 355 g/mol. The van der Waals surface area contributed by atoms with Gasteiger partial charge in [-0.05, 0) is 41.1 Å². The van der Waals surface area contributed by atoms with Gasteiger partial charge in [0, 0.05) is 11.8 Å². The van der Waals surface area contributed by atoms with E-state index in [1.807, 2.05) is 55.5 Å². The molecule has 2 aromatic carbocycles. The second-order valence-electron chi connectivity index (χ2n) is 5.23. The molecule has 8 heteroatoms. The molecule has 3 rings (SSSR count). The summed E-state index contributed by atoms with van der Waals surface area (Å²) in [6.45, 7) is 1.95. The average Bonchev–Trinajstić information content (AvgIpc) is 3.10. The molecule has 0 unspecified atom stereocenters. The smallest absolute Gasteiger partial charge is 0.234 e. The molecule has 0 saturated heterocycles. The highest BCUT2D eigenvalue weighted by molar-refractivity contribution is 7.99. The average molecular weight is 355 g/mol. The van der Waals surface area contributed by atoms with E-state index in [1.165, 1.54) is 11.8 Å². The minimum Gasteiger partial charge on any atom is -0.497 e. The van der Waals surface area contributed by atoms with E-state index in [-0.39, 0.29) is 11.7 Å². The summed E-state index contributed by atoms with van der Waals surface area (Å²) in [6.07, 6.45) is 0. The van der Waals surface area contributed by atoms with Crippen molar-refractivity contribution < 1.29 is 9.53 Å². The Morgan fingerprint density at radius 3 is 2.88 bits per heavy atom. The van der Waals surface area contributed by atoms with Gasteiger partial charge in [0.05, 0.1) is 18.6 Å². The molecule has 0 aliphatic rings. The number of amides is 1. The molecule has 0 aliphatic heterocycles. The van der Waals surface area contributed by atoms with Crippen LogP contribution in [0.15, 0.2) is 53.7 Å². The molecular formula is C17H17N5O2S. The molecule has 3 aromatic rings.